The summed E-state index contributed by atoms with van der Waals surface area (Å²) >= 11 is 0. The van der Waals surface area contributed by atoms with E-state index in [2.05, 4.69) is 26.8 Å². The highest BCUT2D eigenvalue weighted by molar-refractivity contribution is 5.22. The third-order valence-electron chi connectivity index (χ3n) is 8.67. The van der Waals surface area contributed by atoms with Gasteiger partial charge in [0, 0.05) is 0 Å². The summed E-state index contributed by atoms with van der Waals surface area (Å²) in [4.78, 5) is 0. The predicted octanol–water partition coefficient (Wildman–Crippen LogP) is 5.73. The van der Waals surface area contributed by atoms with Gasteiger partial charge in [-0.2, -0.15) is 0 Å². The van der Waals surface area contributed by atoms with Gasteiger partial charge < -0.3 is 5.11 Å². The molecule has 0 heterocycles. The van der Waals surface area contributed by atoms with Crippen LogP contribution < -0.4 is 0 Å². The van der Waals surface area contributed by atoms with Gasteiger partial charge in [0.05, 0.1) is 5.60 Å². The van der Waals surface area contributed by atoms with E-state index >= 15 is 0 Å². The van der Waals surface area contributed by atoms with Crippen LogP contribution in [-0.4, -0.2) is 10.7 Å². The van der Waals surface area contributed by atoms with Crippen molar-refractivity contribution in [2.75, 3.05) is 0 Å². The topological polar surface area (TPSA) is 20.2 Å². The minimum atomic E-state index is -0.379. The molecule has 0 aromatic carbocycles. The van der Waals surface area contributed by atoms with Crippen LogP contribution in [-0.2, 0) is 0 Å². The quantitative estimate of drug-likeness (QED) is 0.566. The van der Waals surface area contributed by atoms with Crippen molar-refractivity contribution in [2.45, 2.75) is 90.6 Å². The first kappa shape index (κ1) is 16.2. The second-order valence-corrected chi connectivity index (χ2v) is 9.84. The van der Waals surface area contributed by atoms with Crippen LogP contribution in [0.15, 0.2) is 11.6 Å². The molecule has 0 amide bonds. The Kier molecular flexibility index (Phi) is 3.95. The summed E-state index contributed by atoms with van der Waals surface area (Å²) in [5.74, 6) is 4.62. The van der Waals surface area contributed by atoms with Gasteiger partial charge in [0.2, 0.25) is 0 Å². The molecule has 23 heavy (non-hydrogen) atoms. The molecule has 1 heteroatoms. The molecule has 4 saturated carbocycles. The second kappa shape index (κ2) is 5.61. The summed E-state index contributed by atoms with van der Waals surface area (Å²) in [5.41, 5.74) is 1.92. The van der Waals surface area contributed by atoms with Crippen LogP contribution in [0, 0.1) is 35.0 Å². The first-order chi connectivity index (χ1) is 10.9. The van der Waals surface area contributed by atoms with Crippen molar-refractivity contribution in [3.63, 3.8) is 0 Å². The Morgan fingerprint density at radius 3 is 2.52 bits per heavy atom. The number of hydrogen-bond acceptors (Lipinski definition) is 1. The van der Waals surface area contributed by atoms with E-state index in [1.165, 1.54) is 51.4 Å². The van der Waals surface area contributed by atoms with Gasteiger partial charge in [-0.3, -0.25) is 0 Å². The van der Waals surface area contributed by atoms with Crippen molar-refractivity contribution in [3.05, 3.63) is 11.6 Å². The normalized spacial score (nSPS) is 55.0. The molecule has 4 aliphatic carbocycles. The van der Waals surface area contributed by atoms with E-state index in [9.17, 15) is 5.11 Å². The summed E-state index contributed by atoms with van der Waals surface area (Å²) in [5, 5.41) is 10.6. The first-order valence-electron chi connectivity index (χ1n) is 10.3. The smallest absolute Gasteiger partial charge is 0.0622 e. The fraction of sp³-hybridized carbons (Fsp3) is 0.909. The molecule has 1 nitrogen and oxygen atoms in total. The molecule has 1 N–H and O–H groups in total. The van der Waals surface area contributed by atoms with Crippen molar-refractivity contribution in [2.24, 2.45) is 35.0 Å². The van der Waals surface area contributed by atoms with Gasteiger partial charge in [-0.15, -0.1) is 0 Å². The highest BCUT2D eigenvalue weighted by Crippen LogP contribution is 2.63. The maximum atomic E-state index is 10.6. The average molecular weight is 317 g/mol. The minimum absolute atomic E-state index is 0.379. The minimum Gasteiger partial charge on any atom is -0.390 e. The van der Waals surface area contributed by atoms with Crippen LogP contribution in [0.2, 0.25) is 0 Å². The summed E-state index contributed by atoms with van der Waals surface area (Å²) in [6.07, 6.45) is 15.8. The van der Waals surface area contributed by atoms with Gasteiger partial charge in [0.15, 0.2) is 0 Å². The fourth-order valence-electron chi connectivity index (χ4n) is 7.61. The van der Waals surface area contributed by atoms with Crippen molar-refractivity contribution in [1.29, 1.82) is 0 Å². The van der Waals surface area contributed by atoms with Crippen LogP contribution in [0.4, 0.5) is 0 Å². The predicted molar refractivity (Wildman–Crippen MR) is 96.1 cm³/mol. The van der Waals surface area contributed by atoms with Gasteiger partial charge in [-0.1, -0.05) is 31.4 Å². The van der Waals surface area contributed by atoms with Gasteiger partial charge in [0.25, 0.3) is 0 Å². The molecule has 4 aliphatic rings. The van der Waals surface area contributed by atoms with E-state index in [1.54, 1.807) is 5.57 Å². The van der Waals surface area contributed by atoms with Crippen molar-refractivity contribution in [1.82, 2.24) is 0 Å². The lowest BCUT2D eigenvalue weighted by Gasteiger charge is -2.51. The van der Waals surface area contributed by atoms with Crippen LogP contribution in [0.3, 0.4) is 0 Å². The molecule has 0 aromatic heterocycles. The van der Waals surface area contributed by atoms with E-state index in [-0.39, 0.29) is 5.60 Å². The van der Waals surface area contributed by atoms with Gasteiger partial charge in [-0.25, -0.2) is 0 Å². The highest BCUT2D eigenvalue weighted by Gasteiger charge is 2.54. The number of fused-ring (bicyclic) bond motifs is 5. The maximum absolute atomic E-state index is 10.6. The highest BCUT2D eigenvalue weighted by atomic mass is 16.3. The van der Waals surface area contributed by atoms with Crippen molar-refractivity contribution >= 4 is 0 Å². The van der Waals surface area contributed by atoms with E-state index in [4.69, 9.17) is 0 Å². The molecule has 0 aliphatic heterocycles. The summed E-state index contributed by atoms with van der Waals surface area (Å²) < 4.78 is 0. The van der Waals surface area contributed by atoms with E-state index in [0.29, 0.717) is 5.41 Å². The standard InChI is InChI=1S/C22H36O/c1-4-16-8-9-20-19-7-5-6-15-14-21(2,23)12-10-17(15)18(19)11-13-22(16,20)3/h4,15,17-20,23H,5-14H2,1-3H3/b16-4-/t15-,17-,18+,19+,20-,21+,22+/m0/s1. The summed E-state index contributed by atoms with van der Waals surface area (Å²) in [6.45, 7) is 6.93. The maximum Gasteiger partial charge on any atom is 0.0622 e. The van der Waals surface area contributed by atoms with Crippen molar-refractivity contribution in [3.8, 4) is 0 Å². The van der Waals surface area contributed by atoms with Crippen LogP contribution in [0.5, 0.6) is 0 Å². The van der Waals surface area contributed by atoms with Gasteiger partial charge in [-0.05, 0) is 100 Å². The Morgan fingerprint density at radius 1 is 0.957 bits per heavy atom. The monoisotopic (exact) mass is 316 g/mol. The molecule has 0 spiro atoms. The molecular weight excluding hydrogens is 280 g/mol. The lowest BCUT2D eigenvalue weighted by Crippen LogP contribution is -2.45. The Bertz CT molecular complexity index is 490. The summed E-state index contributed by atoms with van der Waals surface area (Å²) in [6, 6.07) is 0. The lowest BCUT2D eigenvalue weighted by atomic mass is 9.54. The Labute approximate surface area is 142 Å². The fourth-order valence-corrected chi connectivity index (χ4v) is 7.61. The molecule has 4 fully saturated rings. The van der Waals surface area contributed by atoms with E-state index in [1.807, 2.05) is 0 Å². The zero-order valence-corrected chi connectivity index (χ0v) is 15.5. The summed E-state index contributed by atoms with van der Waals surface area (Å²) in [7, 11) is 0. The molecule has 0 radical (unpaired) electrons. The zero-order valence-electron chi connectivity index (χ0n) is 15.5. The van der Waals surface area contributed by atoms with E-state index < -0.39 is 0 Å². The van der Waals surface area contributed by atoms with Crippen LogP contribution >= 0.6 is 0 Å². The SMILES string of the molecule is C/C=C1/CC[C@H]2[C@@H]3CCC[C@H]4C[C@](C)(O)CC[C@@H]4[C@H]3CC[C@]12C. The molecule has 0 unspecified atom stereocenters. The third kappa shape index (κ3) is 2.53. The third-order valence-corrected chi connectivity index (χ3v) is 8.67. The first-order valence-corrected chi connectivity index (χ1v) is 10.3. The molecule has 4 rings (SSSR count). The number of hydrogen-bond donors (Lipinski definition) is 1. The largest absolute Gasteiger partial charge is 0.390 e. The van der Waals surface area contributed by atoms with Crippen LogP contribution in [0.1, 0.15) is 85.0 Å². The second-order valence-electron chi connectivity index (χ2n) is 9.84. The number of aliphatic hydroxyl groups is 1. The van der Waals surface area contributed by atoms with Gasteiger partial charge >= 0.3 is 0 Å². The van der Waals surface area contributed by atoms with Crippen LogP contribution in [0.25, 0.3) is 0 Å². The molecule has 0 bridgehead atoms. The Morgan fingerprint density at radius 2 is 1.74 bits per heavy atom. The molecule has 0 aromatic rings. The number of rotatable bonds is 0. The Balaban J connectivity index is 1.60. The average Bonchev–Trinajstić information content (AvgIpc) is 2.73. The zero-order chi connectivity index (χ0) is 16.2. The lowest BCUT2D eigenvalue weighted by molar-refractivity contribution is -0.0542. The molecule has 7 atom stereocenters. The van der Waals surface area contributed by atoms with Crippen molar-refractivity contribution < 1.29 is 5.11 Å². The molecular formula is C22H36O. The van der Waals surface area contributed by atoms with E-state index in [0.717, 1.165) is 42.4 Å². The number of allylic oxidation sites excluding steroid dienone is 2. The molecule has 130 valence electrons. The Hall–Kier alpha value is -0.300. The molecule has 0 saturated heterocycles. The van der Waals surface area contributed by atoms with Gasteiger partial charge in [0.1, 0.15) is 0 Å².